The van der Waals surface area contributed by atoms with Gasteiger partial charge < -0.3 is 4.74 Å². The first-order chi connectivity index (χ1) is 9.60. The van der Waals surface area contributed by atoms with Crippen LogP contribution in [0, 0.1) is 17.1 Å². The van der Waals surface area contributed by atoms with E-state index in [9.17, 15) is 4.39 Å². The Balaban J connectivity index is 2.17. The predicted molar refractivity (Wildman–Crippen MR) is 76.0 cm³/mol. The van der Waals surface area contributed by atoms with E-state index in [1.807, 2.05) is 30.3 Å². The summed E-state index contributed by atoms with van der Waals surface area (Å²) >= 11 is 0. The van der Waals surface area contributed by atoms with Crippen LogP contribution in [0.15, 0.2) is 42.5 Å². The zero-order chi connectivity index (χ0) is 14.5. The van der Waals surface area contributed by atoms with Gasteiger partial charge in [0.2, 0.25) is 0 Å². The van der Waals surface area contributed by atoms with Crippen molar-refractivity contribution in [2.45, 2.75) is 26.4 Å². The molecule has 0 saturated carbocycles. The predicted octanol–water partition coefficient (Wildman–Crippen LogP) is 4.40. The molecule has 0 aromatic heterocycles. The van der Waals surface area contributed by atoms with Gasteiger partial charge in [-0.1, -0.05) is 32.0 Å². The first kappa shape index (κ1) is 14.1. The van der Waals surface area contributed by atoms with Crippen LogP contribution in [0.5, 0.6) is 5.75 Å². The number of rotatable bonds is 4. The van der Waals surface area contributed by atoms with Crippen molar-refractivity contribution in [2.24, 2.45) is 0 Å². The molecule has 0 aliphatic rings. The van der Waals surface area contributed by atoms with Crippen molar-refractivity contribution in [3.05, 3.63) is 65.0 Å². The van der Waals surface area contributed by atoms with Gasteiger partial charge in [0.15, 0.2) is 0 Å². The van der Waals surface area contributed by atoms with Crippen LogP contribution in [0.4, 0.5) is 4.39 Å². The van der Waals surface area contributed by atoms with Crippen molar-refractivity contribution >= 4 is 0 Å². The highest BCUT2D eigenvalue weighted by atomic mass is 19.1. The van der Waals surface area contributed by atoms with Crippen LogP contribution < -0.4 is 4.74 Å². The molecule has 0 aliphatic carbocycles. The molecule has 0 heterocycles. The third kappa shape index (κ3) is 3.36. The number of ether oxygens (including phenoxy) is 1. The summed E-state index contributed by atoms with van der Waals surface area (Å²) in [5.41, 5.74) is 2.07. The van der Waals surface area contributed by atoms with Crippen LogP contribution in [0.3, 0.4) is 0 Å². The highest BCUT2D eigenvalue weighted by Gasteiger charge is 2.08. The molecule has 0 saturated heterocycles. The number of benzene rings is 2. The van der Waals surface area contributed by atoms with Gasteiger partial charge in [0, 0.05) is 0 Å². The van der Waals surface area contributed by atoms with Crippen molar-refractivity contribution in [3.63, 3.8) is 0 Å². The molecule has 0 N–H and O–H groups in total. The molecule has 0 atom stereocenters. The van der Waals surface area contributed by atoms with E-state index in [1.54, 1.807) is 6.07 Å². The normalized spacial score (nSPS) is 10.3. The summed E-state index contributed by atoms with van der Waals surface area (Å²) in [6.07, 6.45) is 0. The Labute approximate surface area is 118 Å². The van der Waals surface area contributed by atoms with Crippen LogP contribution in [-0.2, 0) is 6.61 Å². The van der Waals surface area contributed by atoms with E-state index >= 15 is 0 Å². The molecule has 0 spiro atoms. The second-order valence-corrected chi connectivity index (χ2v) is 4.94. The lowest BCUT2D eigenvalue weighted by Gasteiger charge is -2.14. The molecular weight excluding hydrogens is 253 g/mol. The Bertz CT molecular complexity index is 644. The molecule has 0 bridgehead atoms. The molecule has 0 fully saturated rings. The van der Waals surface area contributed by atoms with E-state index in [0.29, 0.717) is 17.0 Å². The van der Waals surface area contributed by atoms with Crippen LogP contribution in [0.25, 0.3) is 0 Å². The van der Waals surface area contributed by atoms with Gasteiger partial charge >= 0.3 is 0 Å². The topological polar surface area (TPSA) is 33.0 Å². The lowest BCUT2D eigenvalue weighted by molar-refractivity contribution is 0.301. The van der Waals surface area contributed by atoms with Gasteiger partial charge in [0.25, 0.3) is 0 Å². The van der Waals surface area contributed by atoms with Crippen molar-refractivity contribution in [1.29, 1.82) is 5.26 Å². The summed E-state index contributed by atoms with van der Waals surface area (Å²) in [5.74, 6) is 0.735. The standard InChI is InChI=1S/C17H16FNO/c1-12(2)16-5-3-4-6-17(16)20-11-14-7-13(10-19)8-15(18)9-14/h3-9,12H,11H2,1-2H3. The molecule has 0 amide bonds. The van der Waals surface area contributed by atoms with E-state index in [2.05, 4.69) is 13.8 Å². The van der Waals surface area contributed by atoms with Crippen LogP contribution in [0.2, 0.25) is 0 Å². The first-order valence-corrected chi connectivity index (χ1v) is 6.51. The lowest BCUT2D eigenvalue weighted by Crippen LogP contribution is -2.00. The number of para-hydroxylation sites is 1. The number of hydrogen-bond donors (Lipinski definition) is 0. The van der Waals surface area contributed by atoms with E-state index in [-0.39, 0.29) is 6.61 Å². The number of hydrogen-bond acceptors (Lipinski definition) is 2. The Kier molecular flexibility index (Phi) is 4.37. The maximum atomic E-state index is 13.3. The quantitative estimate of drug-likeness (QED) is 0.824. The van der Waals surface area contributed by atoms with Crippen LogP contribution in [0.1, 0.15) is 36.5 Å². The van der Waals surface area contributed by atoms with Gasteiger partial charge in [-0.25, -0.2) is 4.39 Å². The minimum absolute atomic E-state index is 0.246. The minimum atomic E-state index is -0.417. The van der Waals surface area contributed by atoms with Crippen molar-refractivity contribution in [2.75, 3.05) is 0 Å². The molecule has 0 unspecified atom stereocenters. The SMILES string of the molecule is CC(C)c1ccccc1OCc1cc(F)cc(C#N)c1. The molecular formula is C17H16FNO. The van der Waals surface area contributed by atoms with Gasteiger partial charge in [0.1, 0.15) is 18.2 Å². The van der Waals surface area contributed by atoms with E-state index in [0.717, 1.165) is 11.3 Å². The van der Waals surface area contributed by atoms with E-state index in [4.69, 9.17) is 10.00 Å². The monoisotopic (exact) mass is 269 g/mol. The van der Waals surface area contributed by atoms with Crippen molar-refractivity contribution in [1.82, 2.24) is 0 Å². The van der Waals surface area contributed by atoms with Gasteiger partial charge in [-0.15, -0.1) is 0 Å². The molecule has 2 aromatic rings. The summed E-state index contributed by atoms with van der Waals surface area (Å²) in [7, 11) is 0. The Morgan fingerprint density at radius 3 is 2.65 bits per heavy atom. The second-order valence-electron chi connectivity index (χ2n) is 4.94. The minimum Gasteiger partial charge on any atom is -0.489 e. The molecule has 3 heteroatoms. The third-order valence-electron chi connectivity index (χ3n) is 3.02. The Hall–Kier alpha value is -2.34. The summed E-state index contributed by atoms with van der Waals surface area (Å²) in [6.45, 7) is 4.44. The number of nitriles is 1. The fraction of sp³-hybridized carbons (Fsp3) is 0.235. The fourth-order valence-corrected chi connectivity index (χ4v) is 2.05. The molecule has 20 heavy (non-hydrogen) atoms. The molecule has 2 nitrogen and oxygen atoms in total. The maximum Gasteiger partial charge on any atom is 0.124 e. The third-order valence-corrected chi connectivity index (χ3v) is 3.02. The highest BCUT2D eigenvalue weighted by molar-refractivity contribution is 5.37. The average Bonchev–Trinajstić information content (AvgIpc) is 2.44. The maximum absolute atomic E-state index is 13.3. The summed E-state index contributed by atoms with van der Waals surface area (Å²) in [4.78, 5) is 0. The lowest BCUT2D eigenvalue weighted by atomic mass is 10.0. The molecule has 2 rings (SSSR count). The van der Waals surface area contributed by atoms with Crippen molar-refractivity contribution in [3.8, 4) is 11.8 Å². The van der Waals surface area contributed by atoms with E-state index in [1.165, 1.54) is 12.1 Å². The first-order valence-electron chi connectivity index (χ1n) is 6.51. The fourth-order valence-electron chi connectivity index (χ4n) is 2.05. The highest BCUT2D eigenvalue weighted by Crippen LogP contribution is 2.26. The summed E-state index contributed by atoms with van der Waals surface area (Å²) in [5, 5.41) is 8.83. The average molecular weight is 269 g/mol. The van der Waals surface area contributed by atoms with Crippen molar-refractivity contribution < 1.29 is 9.13 Å². The van der Waals surface area contributed by atoms with Gasteiger partial charge in [-0.05, 0) is 41.3 Å². The van der Waals surface area contributed by atoms with Crippen LogP contribution in [-0.4, -0.2) is 0 Å². The Morgan fingerprint density at radius 2 is 1.95 bits per heavy atom. The van der Waals surface area contributed by atoms with Gasteiger partial charge in [-0.3, -0.25) is 0 Å². The molecule has 0 radical (unpaired) electrons. The second kappa shape index (κ2) is 6.21. The number of halogens is 1. The molecule has 102 valence electrons. The number of nitrogens with zero attached hydrogens (tertiary/aromatic N) is 1. The van der Waals surface area contributed by atoms with Crippen LogP contribution >= 0.6 is 0 Å². The van der Waals surface area contributed by atoms with Gasteiger partial charge in [-0.2, -0.15) is 5.26 Å². The smallest absolute Gasteiger partial charge is 0.124 e. The molecule has 0 aliphatic heterocycles. The zero-order valence-corrected chi connectivity index (χ0v) is 11.6. The van der Waals surface area contributed by atoms with E-state index < -0.39 is 5.82 Å². The molecule has 2 aromatic carbocycles. The largest absolute Gasteiger partial charge is 0.489 e. The summed E-state index contributed by atoms with van der Waals surface area (Å²) in [6, 6.07) is 14.0. The zero-order valence-electron chi connectivity index (χ0n) is 11.6. The van der Waals surface area contributed by atoms with Gasteiger partial charge in [0.05, 0.1) is 11.6 Å². The Morgan fingerprint density at radius 1 is 1.20 bits per heavy atom. The summed E-state index contributed by atoms with van der Waals surface area (Å²) < 4.78 is 19.1.